The minimum Gasteiger partial charge on any atom is -0.466 e. The summed E-state index contributed by atoms with van der Waals surface area (Å²) in [4.78, 5) is 29.8. The molecule has 7 heteroatoms. The van der Waals surface area contributed by atoms with Crippen LogP contribution in [0.3, 0.4) is 0 Å². The van der Waals surface area contributed by atoms with Gasteiger partial charge in [-0.1, -0.05) is 12.1 Å². The van der Waals surface area contributed by atoms with E-state index in [0.29, 0.717) is 12.1 Å². The molecular weight excluding hydrogens is 354 g/mol. The largest absolute Gasteiger partial charge is 0.466 e. The molecule has 0 N–H and O–H groups in total. The quantitative estimate of drug-likeness (QED) is 0.630. The van der Waals surface area contributed by atoms with E-state index in [1.165, 1.54) is 6.07 Å². The summed E-state index contributed by atoms with van der Waals surface area (Å²) in [5, 5.41) is 0. The first kappa shape index (κ1) is 20.5. The van der Waals surface area contributed by atoms with Crippen molar-refractivity contribution in [3.8, 4) is 0 Å². The number of carbonyl (C=O) groups excluding carboxylic acids is 2. The predicted octanol–water partition coefficient (Wildman–Crippen LogP) is 3.27. The molecule has 1 aromatic carbocycles. The average Bonchev–Trinajstić information content (AvgIpc) is 2.67. The maximum atomic E-state index is 13.3. The number of benzene rings is 1. The Morgan fingerprint density at radius 2 is 1.93 bits per heavy atom. The van der Waals surface area contributed by atoms with Crippen molar-refractivity contribution < 1.29 is 23.1 Å². The van der Waals surface area contributed by atoms with Gasteiger partial charge >= 0.3 is 5.97 Å². The van der Waals surface area contributed by atoms with Crippen LogP contribution in [-0.4, -0.2) is 34.9 Å². The van der Waals surface area contributed by atoms with Gasteiger partial charge < -0.3 is 9.64 Å². The molecule has 1 aromatic heterocycles. The number of ether oxygens (including phenoxy) is 1. The lowest BCUT2D eigenvalue weighted by Gasteiger charge is -2.22. The van der Waals surface area contributed by atoms with E-state index in [1.807, 2.05) is 6.07 Å². The fourth-order valence-electron chi connectivity index (χ4n) is 2.57. The van der Waals surface area contributed by atoms with Gasteiger partial charge in [0.2, 0.25) is 5.91 Å². The highest BCUT2D eigenvalue weighted by Crippen LogP contribution is 2.13. The molecular formula is C20H22F2N2O3. The highest BCUT2D eigenvalue weighted by Gasteiger charge is 2.16. The molecule has 27 heavy (non-hydrogen) atoms. The summed E-state index contributed by atoms with van der Waals surface area (Å²) in [6.07, 6.45) is 3.77. The Hall–Kier alpha value is -2.83. The number of hydrogen-bond acceptors (Lipinski definition) is 4. The van der Waals surface area contributed by atoms with Crippen LogP contribution >= 0.6 is 0 Å². The highest BCUT2D eigenvalue weighted by molar-refractivity contribution is 5.77. The summed E-state index contributed by atoms with van der Waals surface area (Å²) in [7, 11) is 0. The smallest absolute Gasteiger partial charge is 0.307 e. The lowest BCUT2D eigenvalue weighted by Crippen LogP contribution is -2.33. The Morgan fingerprint density at radius 1 is 1.11 bits per heavy atom. The van der Waals surface area contributed by atoms with Crippen molar-refractivity contribution in [3.63, 3.8) is 0 Å². The van der Waals surface area contributed by atoms with Crippen molar-refractivity contribution in [2.75, 3.05) is 13.2 Å². The van der Waals surface area contributed by atoms with Crippen LogP contribution in [0.15, 0.2) is 42.7 Å². The number of rotatable bonds is 9. The van der Waals surface area contributed by atoms with Crippen molar-refractivity contribution in [2.45, 2.75) is 32.7 Å². The van der Waals surface area contributed by atoms with Crippen LogP contribution in [0.1, 0.15) is 30.9 Å². The number of aromatic nitrogens is 1. The molecule has 0 saturated heterocycles. The zero-order chi connectivity index (χ0) is 19.6. The molecule has 0 atom stereocenters. The molecule has 0 unspecified atom stereocenters. The monoisotopic (exact) mass is 376 g/mol. The molecule has 0 saturated carbocycles. The van der Waals surface area contributed by atoms with Gasteiger partial charge in [-0.2, -0.15) is 0 Å². The lowest BCUT2D eigenvalue weighted by atomic mass is 10.1. The van der Waals surface area contributed by atoms with Crippen molar-refractivity contribution in [3.05, 3.63) is 65.5 Å². The molecule has 1 amide bonds. The SMILES string of the molecule is CCOC(=O)CCN(Cc1cccnc1)C(=O)CCc1ccc(F)c(F)c1. The molecule has 2 rings (SSSR count). The second-order valence-electron chi connectivity index (χ2n) is 5.98. The van der Waals surface area contributed by atoms with Crippen LogP contribution in [-0.2, 0) is 27.3 Å². The standard InChI is InChI=1S/C20H22F2N2O3/c1-2-27-20(26)9-11-24(14-16-4-3-10-23-13-16)19(25)8-6-15-5-7-17(21)18(22)12-15/h3-5,7,10,12-13H,2,6,8-9,11,14H2,1H3. The minimum atomic E-state index is -0.936. The van der Waals surface area contributed by atoms with Crippen LogP contribution in [0.5, 0.6) is 0 Å². The molecule has 0 radical (unpaired) electrons. The van der Waals surface area contributed by atoms with Gasteiger partial charge in [0.05, 0.1) is 13.0 Å². The van der Waals surface area contributed by atoms with Gasteiger partial charge in [-0.25, -0.2) is 8.78 Å². The van der Waals surface area contributed by atoms with Gasteiger partial charge in [-0.3, -0.25) is 14.6 Å². The van der Waals surface area contributed by atoms with Crippen LogP contribution in [0.2, 0.25) is 0 Å². The number of aryl methyl sites for hydroxylation is 1. The van der Waals surface area contributed by atoms with E-state index >= 15 is 0 Å². The molecule has 0 aliphatic rings. The first-order chi connectivity index (χ1) is 13.0. The van der Waals surface area contributed by atoms with E-state index < -0.39 is 11.6 Å². The van der Waals surface area contributed by atoms with Gasteiger partial charge in [0.15, 0.2) is 11.6 Å². The normalized spacial score (nSPS) is 10.5. The second-order valence-corrected chi connectivity index (χ2v) is 5.98. The van der Waals surface area contributed by atoms with Gasteiger partial charge in [-0.15, -0.1) is 0 Å². The molecule has 0 aliphatic carbocycles. The van der Waals surface area contributed by atoms with Crippen molar-refractivity contribution in [1.29, 1.82) is 0 Å². The Kier molecular flexibility index (Phi) is 7.85. The maximum Gasteiger partial charge on any atom is 0.307 e. The molecule has 0 aliphatic heterocycles. The van der Waals surface area contributed by atoms with Gasteiger partial charge in [0.1, 0.15) is 0 Å². The van der Waals surface area contributed by atoms with Crippen LogP contribution in [0.4, 0.5) is 8.78 Å². The third kappa shape index (κ3) is 6.77. The Labute approximate surface area is 157 Å². The van der Waals surface area contributed by atoms with Crippen LogP contribution in [0.25, 0.3) is 0 Å². The zero-order valence-corrected chi connectivity index (χ0v) is 15.2. The van der Waals surface area contributed by atoms with Crippen LogP contribution < -0.4 is 0 Å². The fraction of sp³-hybridized carbons (Fsp3) is 0.350. The predicted molar refractivity (Wildman–Crippen MR) is 95.6 cm³/mol. The summed E-state index contributed by atoms with van der Waals surface area (Å²) in [6, 6.07) is 7.20. The minimum absolute atomic E-state index is 0.0883. The Bertz CT molecular complexity index is 769. The van der Waals surface area contributed by atoms with Crippen LogP contribution in [0, 0.1) is 11.6 Å². The zero-order valence-electron chi connectivity index (χ0n) is 15.2. The number of esters is 1. The maximum absolute atomic E-state index is 13.3. The first-order valence-electron chi connectivity index (χ1n) is 8.75. The van der Waals surface area contributed by atoms with Gasteiger partial charge in [-0.05, 0) is 42.7 Å². The van der Waals surface area contributed by atoms with Gasteiger partial charge in [0.25, 0.3) is 0 Å². The molecule has 1 heterocycles. The van der Waals surface area contributed by atoms with Gasteiger partial charge in [0, 0.05) is 31.9 Å². The van der Waals surface area contributed by atoms with E-state index in [-0.39, 0.29) is 44.3 Å². The topological polar surface area (TPSA) is 59.5 Å². The summed E-state index contributed by atoms with van der Waals surface area (Å²) in [5.41, 5.74) is 1.37. The van der Waals surface area contributed by atoms with Crippen molar-refractivity contribution in [1.82, 2.24) is 9.88 Å². The number of carbonyl (C=O) groups is 2. The Morgan fingerprint density at radius 3 is 2.59 bits per heavy atom. The first-order valence-corrected chi connectivity index (χ1v) is 8.75. The third-order valence-electron chi connectivity index (χ3n) is 3.95. The summed E-state index contributed by atoms with van der Waals surface area (Å²) in [6.45, 7) is 2.53. The lowest BCUT2D eigenvalue weighted by molar-refractivity contribution is -0.144. The van der Waals surface area contributed by atoms with E-state index in [9.17, 15) is 18.4 Å². The average molecular weight is 376 g/mol. The molecule has 0 bridgehead atoms. The molecule has 2 aromatic rings. The molecule has 5 nitrogen and oxygen atoms in total. The molecule has 0 spiro atoms. The fourth-order valence-corrected chi connectivity index (χ4v) is 2.57. The number of nitrogens with zero attached hydrogens (tertiary/aromatic N) is 2. The Balaban J connectivity index is 2.00. The van der Waals surface area contributed by atoms with Crippen molar-refractivity contribution >= 4 is 11.9 Å². The molecule has 144 valence electrons. The third-order valence-corrected chi connectivity index (χ3v) is 3.95. The number of hydrogen-bond donors (Lipinski definition) is 0. The number of halogens is 2. The number of amides is 1. The van der Waals surface area contributed by atoms with E-state index in [4.69, 9.17) is 4.74 Å². The van der Waals surface area contributed by atoms with E-state index in [0.717, 1.165) is 17.7 Å². The molecule has 0 fully saturated rings. The second kappa shape index (κ2) is 10.4. The summed E-state index contributed by atoms with van der Waals surface area (Å²) >= 11 is 0. The summed E-state index contributed by atoms with van der Waals surface area (Å²) < 4.78 is 31.2. The van der Waals surface area contributed by atoms with Crippen molar-refractivity contribution in [2.24, 2.45) is 0 Å². The van der Waals surface area contributed by atoms with E-state index in [1.54, 1.807) is 30.3 Å². The summed E-state index contributed by atoms with van der Waals surface area (Å²) in [5.74, 6) is -2.41. The highest BCUT2D eigenvalue weighted by atomic mass is 19.2. The van der Waals surface area contributed by atoms with E-state index in [2.05, 4.69) is 4.98 Å². The number of pyridine rings is 1.